The van der Waals surface area contributed by atoms with Gasteiger partial charge in [-0.25, -0.2) is 9.78 Å². The van der Waals surface area contributed by atoms with Gasteiger partial charge < -0.3 is 14.5 Å². The Kier molecular flexibility index (Phi) is 3.91. The number of rotatable bonds is 3. The first-order valence-electron chi connectivity index (χ1n) is 6.68. The molecule has 0 radical (unpaired) electrons. The van der Waals surface area contributed by atoms with Crippen LogP contribution in [0.5, 0.6) is 0 Å². The number of thiophene rings is 1. The number of likely N-dealkylation sites (N-methyl/N-ethyl adjacent to an activating group) is 1. The second-order valence-electron chi connectivity index (χ2n) is 4.79. The molecule has 1 aliphatic rings. The van der Waals surface area contributed by atoms with Crippen molar-refractivity contribution in [1.29, 1.82) is 0 Å². The van der Waals surface area contributed by atoms with Gasteiger partial charge in [-0.3, -0.25) is 0 Å². The van der Waals surface area contributed by atoms with Gasteiger partial charge in [-0.2, -0.15) is 0 Å². The maximum absolute atomic E-state index is 11.7. The molecule has 3 heterocycles. The fourth-order valence-electron chi connectivity index (χ4n) is 2.16. The average molecular weight is 311 g/mol. The minimum absolute atomic E-state index is 0.246. The molecule has 2 aromatic rings. The average Bonchev–Trinajstić information content (AvgIpc) is 2.98. The number of hydrogen-bond acceptors (Lipinski definition) is 7. The maximum atomic E-state index is 11.7. The minimum Gasteiger partial charge on any atom is -0.462 e. The van der Waals surface area contributed by atoms with Crippen molar-refractivity contribution in [1.82, 2.24) is 9.88 Å². The molecule has 0 bridgehead atoms. The van der Waals surface area contributed by atoms with Crippen molar-refractivity contribution in [3.8, 4) is 0 Å². The van der Waals surface area contributed by atoms with E-state index in [2.05, 4.69) is 21.8 Å². The lowest BCUT2D eigenvalue weighted by Gasteiger charge is -2.31. The van der Waals surface area contributed by atoms with Crippen molar-refractivity contribution in [2.24, 2.45) is 0 Å². The van der Waals surface area contributed by atoms with E-state index in [1.807, 2.05) is 13.0 Å². The van der Waals surface area contributed by atoms with Crippen molar-refractivity contribution in [2.45, 2.75) is 6.92 Å². The lowest BCUT2D eigenvalue weighted by molar-refractivity contribution is 0.0532. The fourth-order valence-corrected chi connectivity index (χ4v) is 4.32. The van der Waals surface area contributed by atoms with Gasteiger partial charge in [0.05, 0.1) is 11.3 Å². The first-order chi connectivity index (χ1) is 9.67. The third-order valence-corrected chi connectivity index (χ3v) is 5.53. The van der Waals surface area contributed by atoms with Crippen molar-refractivity contribution in [3.63, 3.8) is 0 Å². The van der Waals surface area contributed by atoms with Crippen molar-refractivity contribution in [3.05, 3.63) is 10.9 Å². The highest BCUT2D eigenvalue weighted by Gasteiger charge is 2.20. The number of piperazine rings is 1. The van der Waals surface area contributed by atoms with E-state index in [0.717, 1.165) is 40.8 Å². The molecule has 0 aromatic carbocycles. The molecular weight excluding hydrogens is 294 g/mol. The number of hydrogen-bond donors (Lipinski definition) is 0. The van der Waals surface area contributed by atoms with E-state index in [-0.39, 0.29) is 5.97 Å². The van der Waals surface area contributed by atoms with Gasteiger partial charge in [0.1, 0.15) is 9.71 Å². The predicted octanol–water partition coefficient (Wildman–Crippen LogP) is 2.29. The summed E-state index contributed by atoms with van der Waals surface area (Å²) in [5.41, 5.74) is 0. The summed E-state index contributed by atoms with van der Waals surface area (Å²) < 4.78 is 6.09. The Morgan fingerprint density at radius 3 is 2.75 bits per heavy atom. The molecule has 1 fully saturated rings. The van der Waals surface area contributed by atoms with Crippen LogP contribution in [0.4, 0.5) is 5.13 Å². The lowest BCUT2D eigenvalue weighted by Crippen LogP contribution is -2.44. The maximum Gasteiger partial charge on any atom is 0.348 e. The predicted molar refractivity (Wildman–Crippen MR) is 83.2 cm³/mol. The van der Waals surface area contributed by atoms with Gasteiger partial charge in [-0.15, -0.1) is 11.3 Å². The molecule has 0 atom stereocenters. The van der Waals surface area contributed by atoms with Gasteiger partial charge in [-0.05, 0) is 20.0 Å². The number of nitrogens with zero attached hydrogens (tertiary/aromatic N) is 3. The molecule has 0 amide bonds. The molecule has 5 nitrogen and oxygen atoms in total. The van der Waals surface area contributed by atoms with Crippen LogP contribution in [0.1, 0.15) is 16.6 Å². The molecule has 7 heteroatoms. The zero-order valence-electron chi connectivity index (χ0n) is 11.6. The number of carbonyl (C=O) groups is 1. The van der Waals surface area contributed by atoms with Gasteiger partial charge in [0.25, 0.3) is 0 Å². The second kappa shape index (κ2) is 5.67. The summed E-state index contributed by atoms with van der Waals surface area (Å²) in [6.45, 7) is 6.40. The molecule has 3 rings (SSSR count). The Morgan fingerprint density at radius 1 is 1.35 bits per heavy atom. The van der Waals surface area contributed by atoms with Crippen molar-refractivity contribution >= 4 is 43.3 Å². The molecule has 1 saturated heterocycles. The highest BCUT2D eigenvalue weighted by Crippen LogP contribution is 2.35. The van der Waals surface area contributed by atoms with E-state index in [0.29, 0.717) is 11.5 Å². The van der Waals surface area contributed by atoms with E-state index in [4.69, 9.17) is 4.74 Å². The molecule has 20 heavy (non-hydrogen) atoms. The molecule has 0 aliphatic carbocycles. The number of esters is 1. The van der Waals surface area contributed by atoms with Crippen molar-refractivity contribution < 1.29 is 9.53 Å². The number of anilines is 1. The van der Waals surface area contributed by atoms with Crippen LogP contribution < -0.4 is 4.90 Å². The van der Waals surface area contributed by atoms with Crippen LogP contribution in [0, 0.1) is 0 Å². The highest BCUT2D eigenvalue weighted by molar-refractivity contribution is 7.29. The van der Waals surface area contributed by atoms with Crippen LogP contribution in [-0.2, 0) is 4.74 Å². The Hall–Kier alpha value is -1.18. The molecule has 0 unspecified atom stereocenters. The summed E-state index contributed by atoms with van der Waals surface area (Å²) in [6, 6.07) is 1.90. The summed E-state index contributed by atoms with van der Waals surface area (Å²) in [6.07, 6.45) is 0. The van der Waals surface area contributed by atoms with Crippen molar-refractivity contribution in [2.75, 3.05) is 44.7 Å². The van der Waals surface area contributed by atoms with E-state index >= 15 is 0 Å². The summed E-state index contributed by atoms with van der Waals surface area (Å²) in [5, 5.41) is 1.06. The Labute approximate surface area is 125 Å². The Balaban J connectivity index is 1.78. The minimum atomic E-state index is -0.246. The number of carbonyl (C=O) groups excluding carboxylic acids is 1. The zero-order chi connectivity index (χ0) is 14.1. The van der Waals surface area contributed by atoms with Gasteiger partial charge in [0.15, 0.2) is 5.13 Å². The lowest BCUT2D eigenvalue weighted by atomic mass is 10.3. The van der Waals surface area contributed by atoms with Crippen LogP contribution >= 0.6 is 22.7 Å². The Bertz CT molecular complexity index is 583. The summed E-state index contributed by atoms with van der Waals surface area (Å²) >= 11 is 3.08. The summed E-state index contributed by atoms with van der Waals surface area (Å²) in [7, 11) is 2.14. The van der Waals surface area contributed by atoms with Gasteiger partial charge >= 0.3 is 5.97 Å². The number of fused-ring (bicyclic) bond motifs is 1. The molecule has 0 N–H and O–H groups in total. The summed E-state index contributed by atoms with van der Waals surface area (Å²) in [4.78, 5) is 22.6. The number of ether oxygens (including phenoxy) is 1. The van der Waals surface area contributed by atoms with Gasteiger partial charge in [0.2, 0.25) is 0 Å². The van der Waals surface area contributed by atoms with E-state index < -0.39 is 0 Å². The highest BCUT2D eigenvalue weighted by atomic mass is 32.1. The first-order valence-corrected chi connectivity index (χ1v) is 8.31. The van der Waals surface area contributed by atoms with Crippen LogP contribution in [0.15, 0.2) is 6.07 Å². The molecule has 108 valence electrons. The summed E-state index contributed by atoms with van der Waals surface area (Å²) in [5.74, 6) is -0.246. The third-order valence-electron chi connectivity index (χ3n) is 3.33. The molecule has 2 aromatic heterocycles. The molecular formula is C13H17N3O2S2. The van der Waals surface area contributed by atoms with Gasteiger partial charge in [0, 0.05) is 26.2 Å². The van der Waals surface area contributed by atoms with Crippen LogP contribution in [0.25, 0.3) is 9.53 Å². The first kappa shape index (κ1) is 13.8. The third kappa shape index (κ3) is 2.65. The normalized spacial score (nSPS) is 16.8. The SMILES string of the molecule is CCOC(=O)c1cc2sc(N3CCN(C)CC3)nc2s1. The zero-order valence-corrected chi connectivity index (χ0v) is 13.2. The molecule has 0 saturated carbocycles. The van der Waals surface area contributed by atoms with Crippen LogP contribution in [0.3, 0.4) is 0 Å². The van der Waals surface area contributed by atoms with E-state index in [1.54, 1.807) is 11.3 Å². The monoisotopic (exact) mass is 311 g/mol. The standard InChI is InChI=1S/C13H17N3O2S2/c1-3-18-12(17)10-8-9-11(19-10)14-13(20-9)16-6-4-15(2)5-7-16/h8H,3-7H2,1-2H3. The topological polar surface area (TPSA) is 45.7 Å². The number of thiazole rings is 1. The van der Waals surface area contributed by atoms with Crippen LogP contribution in [0.2, 0.25) is 0 Å². The molecule has 1 aliphatic heterocycles. The van der Waals surface area contributed by atoms with Crippen LogP contribution in [-0.4, -0.2) is 55.7 Å². The fraction of sp³-hybridized carbons (Fsp3) is 0.538. The second-order valence-corrected chi connectivity index (χ2v) is 6.83. The largest absolute Gasteiger partial charge is 0.462 e. The smallest absolute Gasteiger partial charge is 0.348 e. The van der Waals surface area contributed by atoms with E-state index in [9.17, 15) is 4.79 Å². The Morgan fingerprint density at radius 2 is 2.10 bits per heavy atom. The molecule has 0 spiro atoms. The quantitative estimate of drug-likeness (QED) is 0.814. The van der Waals surface area contributed by atoms with E-state index in [1.165, 1.54) is 11.3 Å². The van der Waals surface area contributed by atoms with Gasteiger partial charge in [-0.1, -0.05) is 11.3 Å². The number of aromatic nitrogens is 1.